The zero-order valence-corrected chi connectivity index (χ0v) is 17.1. The SMILES string of the molecule is CCCCNC(=O)COC(=O)/C=C/c1cn(-c2ccccc2)nc1-c1ccc(C)o1. The van der Waals surface area contributed by atoms with Crippen LogP contribution in [0.3, 0.4) is 0 Å². The first-order valence-electron chi connectivity index (χ1n) is 9.90. The maximum atomic E-state index is 12.0. The Morgan fingerprint density at radius 3 is 2.70 bits per heavy atom. The molecule has 0 bridgehead atoms. The number of unbranched alkanes of at least 4 members (excludes halogenated alkanes) is 1. The summed E-state index contributed by atoms with van der Waals surface area (Å²) >= 11 is 0. The molecule has 30 heavy (non-hydrogen) atoms. The second kappa shape index (κ2) is 10.2. The number of aromatic nitrogens is 2. The monoisotopic (exact) mass is 407 g/mol. The smallest absolute Gasteiger partial charge is 0.331 e. The summed E-state index contributed by atoms with van der Waals surface area (Å²) in [6, 6.07) is 13.3. The standard InChI is InChI=1S/C23H25N3O4/c1-3-4-14-24-21(27)16-29-22(28)13-11-18-15-26(19-8-6-5-7-9-19)25-23(18)20-12-10-17(2)30-20/h5-13,15H,3-4,14,16H2,1-2H3,(H,24,27)/b13-11+. The fourth-order valence-corrected chi connectivity index (χ4v) is 2.77. The number of amides is 1. The van der Waals surface area contributed by atoms with Crippen molar-refractivity contribution < 1.29 is 18.7 Å². The first-order valence-corrected chi connectivity index (χ1v) is 9.90. The number of esters is 1. The third-order valence-corrected chi connectivity index (χ3v) is 4.33. The van der Waals surface area contributed by atoms with E-state index < -0.39 is 5.97 Å². The van der Waals surface area contributed by atoms with E-state index in [4.69, 9.17) is 9.15 Å². The van der Waals surface area contributed by atoms with E-state index in [-0.39, 0.29) is 12.5 Å². The van der Waals surface area contributed by atoms with E-state index in [1.165, 1.54) is 6.08 Å². The van der Waals surface area contributed by atoms with Crippen molar-refractivity contribution in [1.82, 2.24) is 15.1 Å². The summed E-state index contributed by atoms with van der Waals surface area (Å²) in [5.74, 6) is 0.455. The molecule has 0 atom stereocenters. The van der Waals surface area contributed by atoms with Gasteiger partial charge in [-0.1, -0.05) is 31.5 Å². The Bertz CT molecular complexity index is 1020. The highest BCUT2D eigenvalue weighted by molar-refractivity contribution is 5.90. The quantitative estimate of drug-likeness (QED) is 0.330. The molecule has 7 heteroatoms. The molecule has 1 aromatic carbocycles. The second-order valence-corrected chi connectivity index (χ2v) is 6.77. The molecular formula is C23H25N3O4. The molecule has 0 aliphatic heterocycles. The van der Waals surface area contributed by atoms with E-state index in [1.54, 1.807) is 10.8 Å². The van der Waals surface area contributed by atoms with E-state index in [9.17, 15) is 9.59 Å². The van der Waals surface area contributed by atoms with E-state index in [2.05, 4.69) is 10.4 Å². The summed E-state index contributed by atoms with van der Waals surface area (Å²) in [5.41, 5.74) is 2.18. The van der Waals surface area contributed by atoms with Crippen molar-refractivity contribution in [1.29, 1.82) is 0 Å². The Morgan fingerprint density at radius 1 is 1.20 bits per heavy atom. The molecule has 156 valence electrons. The van der Waals surface area contributed by atoms with E-state index in [0.717, 1.165) is 24.3 Å². The molecule has 0 saturated carbocycles. The number of benzene rings is 1. The second-order valence-electron chi connectivity index (χ2n) is 6.77. The third-order valence-electron chi connectivity index (χ3n) is 4.33. The molecule has 3 rings (SSSR count). The number of aryl methyl sites for hydroxylation is 1. The molecule has 1 N–H and O–H groups in total. The van der Waals surface area contributed by atoms with Crippen molar-refractivity contribution in [2.24, 2.45) is 0 Å². The average molecular weight is 407 g/mol. The minimum absolute atomic E-state index is 0.305. The van der Waals surface area contributed by atoms with Gasteiger partial charge in [-0.2, -0.15) is 5.10 Å². The lowest BCUT2D eigenvalue weighted by Crippen LogP contribution is -2.29. The fourth-order valence-electron chi connectivity index (χ4n) is 2.77. The fraction of sp³-hybridized carbons (Fsp3) is 0.261. The van der Waals surface area contributed by atoms with Crippen LogP contribution in [-0.4, -0.2) is 34.8 Å². The molecule has 0 aliphatic carbocycles. The molecule has 0 aliphatic rings. The summed E-state index contributed by atoms with van der Waals surface area (Å²) < 4.78 is 12.4. The average Bonchev–Trinajstić information content (AvgIpc) is 3.37. The maximum absolute atomic E-state index is 12.0. The Balaban J connectivity index is 1.73. The molecule has 1 amide bonds. The molecule has 3 aromatic rings. The summed E-state index contributed by atoms with van der Waals surface area (Å²) in [5, 5.41) is 7.31. The van der Waals surface area contributed by atoms with Crippen molar-refractivity contribution in [3.05, 3.63) is 66.1 Å². The lowest BCUT2D eigenvalue weighted by molar-refractivity contribution is -0.143. The number of ether oxygens (including phenoxy) is 1. The summed E-state index contributed by atoms with van der Waals surface area (Å²) in [6.07, 6.45) is 6.57. The van der Waals surface area contributed by atoms with Crippen molar-refractivity contribution in [2.75, 3.05) is 13.2 Å². The Morgan fingerprint density at radius 2 is 2.00 bits per heavy atom. The molecule has 0 spiro atoms. The predicted octanol–water partition coefficient (Wildman–Crippen LogP) is 3.91. The minimum Gasteiger partial charge on any atom is -0.460 e. The molecule has 0 unspecified atom stereocenters. The van der Waals surface area contributed by atoms with Crippen molar-refractivity contribution in [3.8, 4) is 17.1 Å². The van der Waals surface area contributed by atoms with E-state index >= 15 is 0 Å². The minimum atomic E-state index is -0.602. The number of rotatable bonds is 9. The van der Waals surface area contributed by atoms with Crippen LogP contribution in [0.4, 0.5) is 0 Å². The predicted molar refractivity (Wildman–Crippen MR) is 114 cm³/mol. The van der Waals surface area contributed by atoms with Crippen LogP contribution in [0, 0.1) is 6.92 Å². The van der Waals surface area contributed by atoms with Gasteiger partial charge in [-0.05, 0) is 43.7 Å². The van der Waals surface area contributed by atoms with Crippen molar-refractivity contribution >= 4 is 18.0 Å². The van der Waals surface area contributed by atoms with E-state index in [0.29, 0.717) is 23.6 Å². The van der Waals surface area contributed by atoms with Crippen molar-refractivity contribution in [3.63, 3.8) is 0 Å². The highest BCUT2D eigenvalue weighted by atomic mass is 16.5. The first kappa shape index (κ1) is 21.1. The molecular weight excluding hydrogens is 382 g/mol. The lowest BCUT2D eigenvalue weighted by Gasteiger charge is -2.04. The van der Waals surface area contributed by atoms with Crippen LogP contribution >= 0.6 is 0 Å². The van der Waals surface area contributed by atoms with Crippen LogP contribution in [0.25, 0.3) is 23.2 Å². The number of para-hydroxylation sites is 1. The normalized spacial score (nSPS) is 11.0. The Hall–Kier alpha value is -3.61. The number of furan rings is 1. The number of hydrogen-bond acceptors (Lipinski definition) is 5. The topological polar surface area (TPSA) is 86.4 Å². The van der Waals surface area contributed by atoms with Gasteiger partial charge < -0.3 is 14.5 Å². The summed E-state index contributed by atoms with van der Waals surface area (Å²) in [4.78, 5) is 23.7. The molecule has 0 saturated heterocycles. The van der Waals surface area contributed by atoms with Gasteiger partial charge >= 0.3 is 5.97 Å². The highest BCUT2D eigenvalue weighted by Gasteiger charge is 2.14. The third kappa shape index (κ3) is 5.70. The zero-order valence-electron chi connectivity index (χ0n) is 17.1. The highest BCUT2D eigenvalue weighted by Crippen LogP contribution is 2.26. The van der Waals surface area contributed by atoms with Gasteiger partial charge in [-0.15, -0.1) is 0 Å². The van der Waals surface area contributed by atoms with Crippen LogP contribution in [0.1, 0.15) is 31.1 Å². The van der Waals surface area contributed by atoms with Gasteiger partial charge in [0.2, 0.25) is 0 Å². The zero-order chi connectivity index (χ0) is 21.3. The Labute approximate surface area is 175 Å². The molecule has 0 fully saturated rings. The van der Waals surface area contributed by atoms with Gasteiger partial charge in [0.25, 0.3) is 5.91 Å². The Kier molecular flexibility index (Phi) is 7.21. The van der Waals surface area contributed by atoms with Crippen LogP contribution in [0.2, 0.25) is 0 Å². The van der Waals surface area contributed by atoms with Gasteiger partial charge in [0.1, 0.15) is 11.5 Å². The van der Waals surface area contributed by atoms with Crippen LogP contribution in [-0.2, 0) is 14.3 Å². The first-order chi connectivity index (χ1) is 14.6. The van der Waals surface area contributed by atoms with Gasteiger partial charge in [0, 0.05) is 24.4 Å². The van der Waals surface area contributed by atoms with Crippen LogP contribution in [0.15, 0.2) is 59.2 Å². The van der Waals surface area contributed by atoms with Gasteiger partial charge in [-0.25, -0.2) is 9.48 Å². The number of nitrogens with zero attached hydrogens (tertiary/aromatic N) is 2. The maximum Gasteiger partial charge on any atom is 0.331 e. The molecule has 0 radical (unpaired) electrons. The summed E-state index contributed by atoms with van der Waals surface area (Å²) in [7, 11) is 0. The number of carbonyl (C=O) groups is 2. The van der Waals surface area contributed by atoms with Crippen LogP contribution in [0.5, 0.6) is 0 Å². The largest absolute Gasteiger partial charge is 0.460 e. The van der Waals surface area contributed by atoms with Gasteiger partial charge in [0.15, 0.2) is 12.4 Å². The molecule has 7 nitrogen and oxygen atoms in total. The molecule has 2 heterocycles. The van der Waals surface area contributed by atoms with Crippen molar-refractivity contribution in [2.45, 2.75) is 26.7 Å². The number of hydrogen-bond donors (Lipinski definition) is 1. The van der Waals surface area contributed by atoms with E-state index in [1.807, 2.05) is 62.5 Å². The number of carbonyl (C=O) groups excluding carboxylic acids is 2. The van der Waals surface area contributed by atoms with Crippen LogP contribution < -0.4 is 5.32 Å². The van der Waals surface area contributed by atoms with Gasteiger partial charge in [0.05, 0.1) is 5.69 Å². The summed E-state index contributed by atoms with van der Waals surface area (Å²) in [6.45, 7) is 4.17. The lowest BCUT2D eigenvalue weighted by atomic mass is 10.2. The van der Waals surface area contributed by atoms with Gasteiger partial charge in [-0.3, -0.25) is 4.79 Å². The molecule has 2 aromatic heterocycles. The number of nitrogens with one attached hydrogen (secondary N) is 1.